The first-order valence-electron chi connectivity index (χ1n) is 8.22. The third kappa shape index (κ3) is 4.72. The molecule has 1 aromatic rings. The van der Waals surface area contributed by atoms with E-state index in [1.54, 1.807) is 24.3 Å². The molecule has 1 unspecified atom stereocenters. The first kappa shape index (κ1) is 17.8. The minimum atomic E-state index is -0.624. The zero-order valence-corrected chi connectivity index (χ0v) is 13.9. The number of nitrogens with zero attached hydrogens (tertiary/aromatic N) is 2. The van der Waals surface area contributed by atoms with E-state index in [0.29, 0.717) is 11.3 Å². The molecule has 6 nitrogen and oxygen atoms in total. The van der Waals surface area contributed by atoms with Crippen molar-refractivity contribution in [3.05, 3.63) is 29.8 Å². The Morgan fingerprint density at radius 3 is 2.83 bits per heavy atom. The second kappa shape index (κ2) is 8.92. The van der Waals surface area contributed by atoms with E-state index < -0.39 is 5.97 Å². The molecule has 0 aromatic heterocycles. The number of esters is 1. The average molecular weight is 330 g/mol. The minimum absolute atomic E-state index is 0.160. The number of likely N-dealkylation sites (tertiary alicyclic amines) is 1. The van der Waals surface area contributed by atoms with Crippen LogP contribution in [0.5, 0.6) is 5.75 Å². The van der Waals surface area contributed by atoms with Gasteiger partial charge in [0.15, 0.2) is 13.2 Å². The van der Waals surface area contributed by atoms with Crippen molar-refractivity contribution in [3.63, 3.8) is 0 Å². The zero-order chi connectivity index (χ0) is 17.4. The Hall–Kier alpha value is -2.55. The molecule has 1 aromatic carbocycles. The molecule has 1 atom stereocenters. The number of carbonyl (C=O) groups is 2. The molecule has 1 saturated heterocycles. The molecule has 128 valence electrons. The predicted molar refractivity (Wildman–Crippen MR) is 87.3 cm³/mol. The lowest BCUT2D eigenvalue weighted by atomic mass is 10.00. The van der Waals surface area contributed by atoms with Crippen molar-refractivity contribution < 1.29 is 19.1 Å². The highest BCUT2D eigenvalue weighted by Gasteiger charge is 2.25. The maximum absolute atomic E-state index is 12.2. The maximum Gasteiger partial charge on any atom is 0.344 e. The van der Waals surface area contributed by atoms with E-state index in [4.69, 9.17) is 14.7 Å². The molecule has 0 aliphatic carbocycles. The van der Waals surface area contributed by atoms with E-state index in [1.807, 2.05) is 11.0 Å². The number of piperidine rings is 1. The molecule has 0 bridgehead atoms. The monoisotopic (exact) mass is 330 g/mol. The van der Waals surface area contributed by atoms with Gasteiger partial charge in [-0.05, 0) is 37.8 Å². The number of para-hydroxylation sites is 1. The van der Waals surface area contributed by atoms with Crippen molar-refractivity contribution >= 4 is 11.9 Å². The number of carbonyl (C=O) groups excluding carboxylic acids is 2. The highest BCUT2D eigenvalue weighted by Crippen LogP contribution is 2.19. The van der Waals surface area contributed by atoms with Gasteiger partial charge in [0.2, 0.25) is 0 Å². The van der Waals surface area contributed by atoms with E-state index >= 15 is 0 Å². The summed E-state index contributed by atoms with van der Waals surface area (Å²) in [6.07, 6.45) is 4.04. The number of nitriles is 1. The van der Waals surface area contributed by atoms with Gasteiger partial charge >= 0.3 is 5.97 Å². The minimum Gasteiger partial charge on any atom is -0.481 e. The van der Waals surface area contributed by atoms with Gasteiger partial charge in [-0.25, -0.2) is 4.79 Å². The Bertz CT molecular complexity index is 624. The standard InChI is InChI=1S/C18H22N2O4/c1-2-15-8-5-6-10-20(15)17(21)12-24-18(22)13-23-16-9-4-3-7-14(16)11-19/h3-4,7,9,15H,2,5-6,8,10,12-13H2,1H3. The van der Waals surface area contributed by atoms with Crippen LogP contribution in [0.1, 0.15) is 38.2 Å². The summed E-state index contributed by atoms with van der Waals surface area (Å²) in [6, 6.07) is 8.86. The lowest BCUT2D eigenvalue weighted by Gasteiger charge is -2.35. The fraction of sp³-hybridized carbons (Fsp3) is 0.500. The Morgan fingerprint density at radius 1 is 1.29 bits per heavy atom. The van der Waals surface area contributed by atoms with Crippen molar-refractivity contribution in [2.45, 2.75) is 38.6 Å². The molecule has 0 saturated carbocycles. The van der Waals surface area contributed by atoms with Gasteiger partial charge in [0.25, 0.3) is 5.91 Å². The summed E-state index contributed by atoms with van der Waals surface area (Å²) in [5, 5.41) is 8.96. The van der Waals surface area contributed by atoms with E-state index in [1.165, 1.54) is 0 Å². The average Bonchev–Trinajstić information content (AvgIpc) is 2.64. The van der Waals surface area contributed by atoms with Crippen LogP contribution in [0.2, 0.25) is 0 Å². The summed E-state index contributed by atoms with van der Waals surface area (Å²) in [6.45, 7) is 2.19. The van der Waals surface area contributed by atoms with Gasteiger partial charge < -0.3 is 14.4 Å². The van der Waals surface area contributed by atoms with Gasteiger partial charge in [0, 0.05) is 12.6 Å². The SMILES string of the molecule is CCC1CCCCN1C(=O)COC(=O)COc1ccccc1C#N. The Morgan fingerprint density at radius 2 is 2.08 bits per heavy atom. The molecule has 6 heteroatoms. The summed E-state index contributed by atoms with van der Waals surface area (Å²) in [4.78, 5) is 25.8. The topological polar surface area (TPSA) is 79.6 Å². The van der Waals surface area contributed by atoms with E-state index in [9.17, 15) is 9.59 Å². The largest absolute Gasteiger partial charge is 0.481 e. The summed E-state index contributed by atoms with van der Waals surface area (Å²) >= 11 is 0. The highest BCUT2D eigenvalue weighted by atomic mass is 16.6. The molecule has 24 heavy (non-hydrogen) atoms. The van der Waals surface area contributed by atoms with Crippen LogP contribution >= 0.6 is 0 Å². The molecule has 0 N–H and O–H groups in total. The van der Waals surface area contributed by atoms with Gasteiger partial charge in [-0.2, -0.15) is 5.26 Å². The lowest BCUT2D eigenvalue weighted by Crippen LogP contribution is -2.45. The third-order valence-electron chi connectivity index (χ3n) is 4.13. The molecule has 2 rings (SSSR count). The van der Waals surface area contributed by atoms with Gasteiger partial charge in [-0.1, -0.05) is 19.1 Å². The molecule has 1 heterocycles. The quantitative estimate of drug-likeness (QED) is 0.748. The summed E-state index contributed by atoms with van der Waals surface area (Å²) in [5.74, 6) is -0.459. The van der Waals surface area contributed by atoms with Crippen LogP contribution < -0.4 is 4.74 Å². The Labute approximate surface area is 142 Å². The summed E-state index contributed by atoms with van der Waals surface area (Å²) in [7, 11) is 0. The molecule has 1 aliphatic heterocycles. The number of amides is 1. The molecule has 1 amide bonds. The van der Waals surface area contributed by atoms with Crippen LogP contribution in [0.4, 0.5) is 0 Å². The van der Waals surface area contributed by atoms with Crippen molar-refractivity contribution in [1.29, 1.82) is 5.26 Å². The van der Waals surface area contributed by atoms with Crippen LogP contribution in [0, 0.1) is 11.3 Å². The molecule has 0 radical (unpaired) electrons. The first-order chi connectivity index (χ1) is 11.7. The molecular formula is C18H22N2O4. The predicted octanol–water partition coefficient (Wildman–Crippen LogP) is 2.27. The Balaban J connectivity index is 1.78. The number of rotatable bonds is 6. The zero-order valence-electron chi connectivity index (χ0n) is 13.9. The lowest BCUT2D eigenvalue weighted by molar-refractivity contribution is -0.155. The van der Waals surface area contributed by atoms with Gasteiger partial charge in [-0.3, -0.25) is 4.79 Å². The fourth-order valence-corrected chi connectivity index (χ4v) is 2.84. The van der Waals surface area contributed by atoms with Gasteiger partial charge in [0.05, 0.1) is 5.56 Å². The fourth-order valence-electron chi connectivity index (χ4n) is 2.84. The van der Waals surface area contributed by atoms with Gasteiger partial charge in [0.1, 0.15) is 11.8 Å². The third-order valence-corrected chi connectivity index (χ3v) is 4.13. The van der Waals surface area contributed by atoms with Crippen LogP contribution in [-0.2, 0) is 14.3 Å². The number of benzene rings is 1. The van der Waals surface area contributed by atoms with Crippen LogP contribution in [0.3, 0.4) is 0 Å². The molecular weight excluding hydrogens is 308 g/mol. The normalized spacial score (nSPS) is 17.0. The number of ether oxygens (including phenoxy) is 2. The van der Waals surface area contributed by atoms with Crippen LogP contribution in [0.15, 0.2) is 24.3 Å². The molecule has 0 spiro atoms. The number of hydrogen-bond donors (Lipinski definition) is 0. The summed E-state index contributed by atoms with van der Waals surface area (Å²) < 4.78 is 10.3. The van der Waals surface area contributed by atoms with E-state index in [-0.39, 0.29) is 25.2 Å². The van der Waals surface area contributed by atoms with E-state index in [0.717, 1.165) is 32.2 Å². The maximum atomic E-state index is 12.2. The second-order valence-electron chi connectivity index (χ2n) is 5.70. The molecule has 1 aliphatic rings. The van der Waals surface area contributed by atoms with E-state index in [2.05, 4.69) is 6.92 Å². The first-order valence-corrected chi connectivity index (χ1v) is 8.22. The van der Waals surface area contributed by atoms with Gasteiger partial charge in [-0.15, -0.1) is 0 Å². The highest BCUT2D eigenvalue weighted by molar-refractivity contribution is 5.81. The van der Waals surface area contributed by atoms with Crippen molar-refractivity contribution in [3.8, 4) is 11.8 Å². The van der Waals surface area contributed by atoms with Crippen molar-refractivity contribution in [2.24, 2.45) is 0 Å². The molecule has 1 fully saturated rings. The van der Waals surface area contributed by atoms with Crippen LogP contribution in [-0.4, -0.2) is 42.6 Å². The van der Waals surface area contributed by atoms with Crippen LogP contribution in [0.25, 0.3) is 0 Å². The van der Waals surface area contributed by atoms with Crippen molar-refractivity contribution in [2.75, 3.05) is 19.8 Å². The Kier molecular flexibility index (Phi) is 6.62. The smallest absolute Gasteiger partial charge is 0.344 e. The van der Waals surface area contributed by atoms with Crippen molar-refractivity contribution in [1.82, 2.24) is 4.90 Å². The summed E-state index contributed by atoms with van der Waals surface area (Å²) in [5.41, 5.74) is 0.348. The number of hydrogen-bond acceptors (Lipinski definition) is 5. The second-order valence-corrected chi connectivity index (χ2v) is 5.70.